The summed E-state index contributed by atoms with van der Waals surface area (Å²) in [5, 5.41) is 14.1. The number of hydrogen-bond donors (Lipinski definition) is 2. The van der Waals surface area contributed by atoms with Gasteiger partial charge in [-0.1, -0.05) is 0 Å². The topological polar surface area (TPSA) is 65.5 Å². The van der Waals surface area contributed by atoms with Crippen molar-refractivity contribution in [1.29, 1.82) is 0 Å². The van der Waals surface area contributed by atoms with Crippen molar-refractivity contribution in [2.45, 2.75) is 38.2 Å². The normalized spacial score (nSPS) is 19.0. The van der Waals surface area contributed by atoms with Gasteiger partial charge in [0.05, 0.1) is 20.8 Å². The predicted octanol–water partition coefficient (Wildman–Crippen LogP) is 3.41. The SMILES string of the molecule is CC(C)(O)C1CN(C(=O)Nc2ccc3nc(C4CC4)sc3c2)C1. The van der Waals surface area contributed by atoms with Crippen molar-refractivity contribution in [3.8, 4) is 0 Å². The van der Waals surface area contributed by atoms with Crippen LogP contribution in [0, 0.1) is 5.92 Å². The van der Waals surface area contributed by atoms with E-state index in [2.05, 4.69) is 10.3 Å². The van der Waals surface area contributed by atoms with Crippen LogP contribution in [0.1, 0.15) is 37.6 Å². The van der Waals surface area contributed by atoms with Crippen LogP contribution in [0.15, 0.2) is 18.2 Å². The molecule has 122 valence electrons. The lowest BCUT2D eigenvalue weighted by atomic mass is 9.85. The highest BCUT2D eigenvalue weighted by Gasteiger charge is 2.39. The number of aromatic nitrogens is 1. The molecular weight excluding hydrogens is 310 g/mol. The molecule has 0 spiro atoms. The Morgan fingerprint density at radius 1 is 1.39 bits per heavy atom. The number of hydrogen-bond acceptors (Lipinski definition) is 4. The highest BCUT2D eigenvalue weighted by molar-refractivity contribution is 7.18. The van der Waals surface area contributed by atoms with Gasteiger partial charge in [-0.2, -0.15) is 0 Å². The van der Waals surface area contributed by atoms with E-state index in [0.29, 0.717) is 19.0 Å². The van der Waals surface area contributed by atoms with Gasteiger partial charge in [0.15, 0.2) is 0 Å². The van der Waals surface area contributed by atoms with Crippen LogP contribution in [0.25, 0.3) is 10.2 Å². The summed E-state index contributed by atoms with van der Waals surface area (Å²) in [4.78, 5) is 18.6. The first-order chi connectivity index (χ1) is 10.9. The van der Waals surface area contributed by atoms with Crippen molar-refractivity contribution in [2.75, 3.05) is 18.4 Å². The van der Waals surface area contributed by atoms with Crippen LogP contribution in [0.3, 0.4) is 0 Å². The van der Waals surface area contributed by atoms with Crippen molar-refractivity contribution >= 4 is 33.3 Å². The highest BCUT2D eigenvalue weighted by atomic mass is 32.1. The number of anilines is 1. The van der Waals surface area contributed by atoms with Crippen molar-refractivity contribution < 1.29 is 9.90 Å². The number of carbonyl (C=O) groups is 1. The summed E-state index contributed by atoms with van der Waals surface area (Å²) in [6.45, 7) is 4.79. The van der Waals surface area contributed by atoms with Crippen LogP contribution in [0.5, 0.6) is 0 Å². The summed E-state index contributed by atoms with van der Waals surface area (Å²) in [7, 11) is 0. The molecule has 2 aromatic rings. The molecule has 5 nitrogen and oxygen atoms in total. The lowest BCUT2D eigenvalue weighted by Crippen LogP contribution is -2.58. The molecule has 0 unspecified atom stereocenters. The third-order valence-electron chi connectivity index (χ3n) is 4.75. The molecule has 1 aliphatic carbocycles. The highest BCUT2D eigenvalue weighted by Crippen LogP contribution is 2.43. The minimum absolute atomic E-state index is 0.100. The largest absolute Gasteiger partial charge is 0.390 e. The number of thiazole rings is 1. The molecule has 2 aliphatic rings. The third-order valence-corrected chi connectivity index (χ3v) is 5.93. The number of fused-ring (bicyclic) bond motifs is 1. The summed E-state index contributed by atoms with van der Waals surface area (Å²) in [6.07, 6.45) is 2.50. The van der Waals surface area contributed by atoms with Gasteiger partial charge in [-0.25, -0.2) is 9.78 Å². The zero-order valence-corrected chi connectivity index (χ0v) is 14.2. The lowest BCUT2D eigenvalue weighted by molar-refractivity contribution is -0.0440. The van der Waals surface area contributed by atoms with Gasteiger partial charge in [0.25, 0.3) is 0 Å². The van der Waals surface area contributed by atoms with Gasteiger partial charge in [0, 0.05) is 30.6 Å². The number of likely N-dealkylation sites (tertiary alicyclic amines) is 1. The fourth-order valence-corrected chi connectivity index (χ4v) is 3.99. The molecule has 1 saturated carbocycles. The number of urea groups is 1. The van der Waals surface area contributed by atoms with Gasteiger partial charge in [0.2, 0.25) is 0 Å². The van der Waals surface area contributed by atoms with Crippen LogP contribution < -0.4 is 5.32 Å². The van der Waals surface area contributed by atoms with Gasteiger partial charge in [-0.05, 0) is 44.9 Å². The Balaban J connectivity index is 1.42. The predicted molar refractivity (Wildman–Crippen MR) is 92.0 cm³/mol. The van der Waals surface area contributed by atoms with E-state index in [-0.39, 0.29) is 11.9 Å². The summed E-state index contributed by atoms with van der Waals surface area (Å²) >= 11 is 1.73. The van der Waals surface area contributed by atoms with Crippen LogP contribution in [0.2, 0.25) is 0 Å². The van der Waals surface area contributed by atoms with Gasteiger partial charge < -0.3 is 15.3 Å². The smallest absolute Gasteiger partial charge is 0.321 e. The summed E-state index contributed by atoms with van der Waals surface area (Å²) < 4.78 is 1.13. The molecule has 2 fully saturated rings. The number of benzene rings is 1. The van der Waals surface area contributed by atoms with E-state index in [1.807, 2.05) is 18.2 Å². The van der Waals surface area contributed by atoms with Crippen molar-refractivity contribution in [2.24, 2.45) is 5.92 Å². The second-order valence-electron chi connectivity index (χ2n) is 7.19. The standard InChI is InChI=1S/C17H21N3O2S/c1-17(2,22)11-8-20(9-11)16(21)18-12-5-6-13-14(7-12)23-15(19-13)10-3-4-10/h5-7,10-11,22H,3-4,8-9H2,1-2H3,(H,18,21). The Hall–Kier alpha value is -1.66. The van der Waals surface area contributed by atoms with E-state index in [1.54, 1.807) is 30.1 Å². The lowest BCUT2D eigenvalue weighted by Gasteiger charge is -2.44. The molecule has 1 aliphatic heterocycles. The minimum Gasteiger partial charge on any atom is -0.390 e. The molecule has 2 amide bonds. The Bertz CT molecular complexity index is 755. The average Bonchev–Trinajstić information content (AvgIpc) is 3.15. The maximum absolute atomic E-state index is 12.2. The molecule has 1 aromatic heterocycles. The quantitative estimate of drug-likeness (QED) is 0.906. The van der Waals surface area contributed by atoms with E-state index in [9.17, 15) is 9.90 Å². The first-order valence-electron chi connectivity index (χ1n) is 8.09. The third kappa shape index (κ3) is 2.93. The first kappa shape index (κ1) is 14.9. The molecule has 0 atom stereocenters. The molecule has 1 saturated heterocycles. The first-order valence-corrected chi connectivity index (χ1v) is 8.90. The number of rotatable bonds is 3. The zero-order chi connectivity index (χ0) is 16.2. The second kappa shape index (κ2) is 5.18. The van der Waals surface area contributed by atoms with Crippen molar-refractivity contribution in [1.82, 2.24) is 9.88 Å². The zero-order valence-electron chi connectivity index (χ0n) is 13.4. The summed E-state index contributed by atoms with van der Waals surface area (Å²) in [5.74, 6) is 0.809. The molecule has 6 heteroatoms. The number of aliphatic hydroxyl groups is 1. The molecule has 23 heavy (non-hydrogen) atoms. The van der Waals surface area contributed by atoms with Crippen molar-refractivity contribution in [3.05, 3.63) is 23.2 Å². The fraction of sp³-hybridized carbons (Fsp3) is 0.529. The Morgan fingerprint density at radius 2 is 2.13 bits per heavy atom. The van der Waals surface area contributed by atoms with Gasteiger partial charge in [-0.3, -0.25) is 0 Å². The van der Waals surface area contributed by atoms with Gasteiger partial charge in [0.1, 0.15) is 0 Å². The van der Waals surface area contributed by atoms with E-state index >= 15 is 0 Å². The molecule has 1 aromatic carbocycles. The maximum atomic E-state index is 12.2. The summed E-state index contributed by atoms with van der Waals surface area (Å²) in [6, 6.07) is 5.79. The number of amides is 2. The Labute approximate surface area is 139 Å². The van der Waals surface area contributed by atoms with E-state index < -0.39 is 5.60 Å². The van der Waals surface area contributed by atoms with Crippen molar-refractivity contribution in [3.63, 3.8) is 0 Å². The number of carbonyl (C=O) groups excluding carboxylic acids is 1. The second-order valence-corrected chi connectivity index (χ2v) is 8.26. The molecule has 4 rings (SSSR count). The van der Waals surface area contributed by atoms with E-state index in [4.69, 9.17) is 0 Å². The molecule has 0 radical (unpaired) electrons. The van der Waals surface area contributed by atoms with Crippen LogP contribution in [-0.4, -0.2) is 39.7 Å². The van der Waals surface area contributed by atoms with Gasteiger partial charge >= 0.3 is 6.03 Å². The Kier molecular flexibility index (Phi) is 3.35. The van der Waals surface area contributed by atoms with E-state index in [0.717, 1.165) is 15.9 Å². The fourth-order valence-electron chi connectivity index (χ4n) is 2.82. The molecule has 2 heterocycles. The van der Waals surface area contributed by atoms with E-state index in [1.165, 1.54) is 17.8 Å². The van der Waals surface area contributed by atoms with Crippen LogP contribution in [0.4, 0.5) is 10.5 Å². The number of nitrogens with one attached hydrogen (secondary N) is 1. The summed E-state index contributed by atoms with van der Waals surface area (Å²) in [5.41, 5.74) is 1.10. The minimum atomic E-state index is -0.725. The molecule has 2 N–H and O–H groups in total. The average molecular weight is 331 g/mol. The maximum Gasteiger partial charge on any atom is 0.321 e. The monoisotopic (exact) mass is 331 g/mol. The molecule has 0 bridgehead atoms. The Morgan fingerprint density at radius 3 is 2.78 bits per heavy atom. The van der Waals surface area contributed by atoms with Crippen LogP contribution >= 0.6 is 11.3 Å². The number of nitrogens with zero attached hydrogens (tertiary/aromatic N) is 2. The van der Waals surface area contributed by atoms with Crippen LogP contribution in [-0.2, 0) is 0 Å². The molecular formula is C17H21N3O2S. The van der Waals surface area contributed by atoms with Gasteiger partial charge in [-0.15, -0.1) is 11.3 Å².